The van der Waals surface area contributed by atoms with Crippen LogP contribution >= 0.6 is 0 Å². The van der Waals surface area contributed by atoms with Crippen LogP contribution in [-0.2, 0) is 6.54 Å². The third-order valence-corrected chi connectivity index (χ3v) is 2.59. The highest BCUT2D eigenvalue weighted by Crippen LogP contribution is 2.28. The van der Waals surface area contributed by atoms with E-state index < -0.39 is 0 Å². The van der Waals surface area contributed by atoms with Crippen LogP contribution in [0.15, 0.2) is 36.7 Å². The van der Waals surface area contributed by atoms with Crippen LogP contribution in [0.25, 0.3) is 11.1 Å². The molecule has 2 aromatic rings. The second-order valence-electron chi connectivity index (χ2n) is 3.58. The van der Waals surface area contributed by atoms with E-state index in [0.717, 1.165) is 11.1 Å². The molecule has 88 valence electrons. The predicted molar refractivity (Wildman–Crippen MR) is 64.1 cm³/mol. The van der Waals surface area contributed by atoms with Crippen molar-refractivity contribution in [3.63, 3.8) is 0 Å². The molecule has 0 amide bonds. The van der Waals surface area contributed by atoms with Gasteiger partial charge in [0.25, 0.3) is 0 Å². The number of methoxy groups -OCH3 is 1. The van der Waals surface area contributed by atoms with Crippen LogP contribution in [0.4, 0.5) is 4.39 Å². The molecule has 0 bridgehead atoms. The van der Waals surface area contributed by atoms with Gasteiger partial charge in [-0.15, -0.1) is 0 Å². The van der Waals surface area contributed by atoms with Crippen molar-refractivity contribution in [2.75, 3.05) is 7.11 Å². The van der Waals surface area contributed by atoms with Gasteiger partial charge in [-0.3, -0.25) is 4.98 Å². The van der Waals surface area contributed by atoms with Gasteiger partial charge >= 0.3 is 0 Å². The van der Waals surface area contributed by atoms with Crippen molar-refractivity contribution in [3.05, 3.63) is 48.0 Å². The van der Waals surface area contributed by atoms with Gasteiger partial charge in [0.05, 0.1) is 13.3 Å². The summed E-state index contributed by atoms with van der Waals surface area (Å²) in [6, 6.07) is 7.04. The molecule has 0 saturated carbocycles. The number of ether oxygens (including phenoxy) is 1. The van der Waals surface area contributed by atoms with Crippen LogP contribution in [-0.4, -0.2) is 12.1 Å². The van der Waals surface area contributed by atoms with Crippen molar-refractivity contribution in [2.45, 2.75) is 6.54 Å². The Bertz CT molecular complexity index is 529. The van der Waals surface area contributed by atoms with E-state index in [4.69, 9.17) is 10.5 Å². The lowest BCUT2D eigenvalue weighted by molar-refractivity contribution is 0.414. The highest BCUT2D eigenvalue weighted by molar-refractivity contribution is 5.68. The Morgan fingerprint density at radius 2 is 2.12 bits per heavy atom. The summed E-state index contributed by atoms with van der Waals surface area (Å²) in [4.78, 5) is 3.73. The molecule has 0 radical (unpaired) electrons. The van der Waals surface area contributed by atoms with Crippen LogP contribution in [0.1, 0.15) is 5.56 Å². The lowest BCUT2D eigenvalue weighted by Gasteiger charge is -2.10. The number of rotatable bonds is 3. The zero-order valence-corrected chi connectivity index (χ0v) is 9.48. The fourth-order valence-electron chi connectivity index (χ4n) is 1.72. The molecule has 0 atom stereocenters. The first-order chi connectivity index (χ1) is 8.26. The first-order valence-electron chi connectivity index (χ1n) is 5.23. The number of nitrogens with zero attached hydrogens (tertiary/aromatic N) is 1. The average Bonchev–Trinajstić information content (AvgIpc) is 2.38. The minimum atomic E-state index is -0.354. The summed E-state index contributed by atoms with van der Waals surface area (Å²) >= 11 is 0. The Kier molecular flexibility index (Phi) is 3.35. The number of hydrogen-bond acceptors (Lipinski definition) is 3. The van der Waals surface area contributed by atoms with Gasteiger partial charge in [0, 0.05) is 18.3 Å². The van der Waals surface area contributed by atoms with Crippen molar-refractivity contribution < 1.29 is 9.13 Å². The smallest absolute Gasteiger partial charge is 0.149 e. The van der Waals surface area contributed by atoms with Crippen LogP contribution in [0.2, 0.25) is 0 Å². The van der Waals surface area contributed by atoms with Crippen molar-refractivity contribution in [1.29, 1.82) is 0 Å². The van der Waals surface area contributed by atoms with Gasteiger partial charge in [0.2, 0.25) is 0 Å². The van der Waals surface area contributed by atoms with Gasteiger partial charge < -0.3 is 10.5 Å². The maximum absolute atomic E-state index is 13.6. The van der Waals surface area contributed by atoms with Gasteiger partial charge in [-0.1, -0.05) is 6.07 Å². The number of benzene rings is 1. The van der Waals surface area contributed by atoms with Gasteiger partial charge in [-0.25, -0.2) is 4.39 Å². The van der Waals surface area contributed by atoms with Gasteiger partial charge in [0.1, 0.15) is 11.6 Å². The quantitative estimate of drug-likeness (QED) is 0.883. The standard InChI is InChI=1S/C13H13FN2O/c1-17-10-2-3-11(9(6-10)7-15)12-4-5-16-8-13(12)14/h2-6,8H,7,15H2,1H3. The van der Waals surface area contributed by atoms with E-state index in [9.17, 15) is 4.39 Å². The molecule has 4 heteroatoms. The summed E-state index contributed by atoms with van der Waals surface area (Å²) in [5, 5.41) is 0. The first kappa shape index (κ1) is 11.5. The average molecular weight is 232 g/mol. The second kappa shape index (κ2) is 4.93. The molecule has 2 rings (SSSR count). The van der Waals surface area contributed by atoms with E-state index in [0.29, 0.717) is 17.9 Å². The fraction of sp³-hybridized carbons (Fsp3) is 0.154. The molecule has 0 aliphatic rings. The van der Waals surface area contributed by atoms with Crippen LogP contribution in [0.5, 0.6) is 5.75 Å². The second-order valence-corrected chi connectivity index (χ2v) is 3.58. The molecule has 1 aromatic heterocycles. The number of pyridine rings is 1. The predicted octanol–water partition coefficient (Wildman–Crippen LogP) is 2.35. The Labute approximate surface area is 99.1 Å². The summed E-state index contributed by atoms with van der Waals surface area (Å²) in [7, 11) is 1.59. The molecule has 1 heterocycles. The zero-order chi connectivity index (χ0) is 12.3. The molecule has 0 unspecified atom stereocenters. The van der Waals surface area contributed by atoms with Crippen LogP contribution in [0, 0.1) is 5.82 Å². The van der Waals surface area contributed by atoms with Crippen LogP contribution in [0.3, 0.4) is 0 Å². The van der Waals surface area contributed by atoms with Crippen molar-refractivity contribution in [3.8, 4) is 16.9 Å². The molecule has 1 aromatic carbocycles. The Morgan fingerprint density at radius 1 is 1.29 bits per heavy atom. The molecule has 0 aliphatic carbocycles. The molecule has 2 N–H and O–H groups in total. The molecular weight excluding hydrogens is 219 g/mol. The van der Waals surface area contributed by atoms with Gasteiger partial charge in [0.15, 0.2) is 0 Å². The van der Waals surface area contributed by atoms with E-state index in [-0.39, 0.29) is 5.82 Å². The van der Waals surface area contributed by atoms with Gasteiger partial charge in [-0.05, 0) is 29.3 Å². The number of hydrogen-bond donors (Lipinski definition) is 1. The Balaban J connectivity index is 2.56. The Hall–Kier alpha value is -1.94. The minimum absolute atomic E-state index is 0.328. The lowest BCUT2D eigenvalue weighted by atomic mass is 10.00. The number of halogens is 1. The summed E-state index contributed by atoms with van der Waals surface area (Å²) in [6.07, 6.45) is 2.75. The number of aromatic nitrogens is 1. The van der Waals surface area contributed by atoms with E-state index in [2.05, 4.69) is 4.98 Å². The molecule has 3 nitrogen and oxygen atoms in total. The minimum Gasteiger partial charge on any atom is -0.497 e. The summed E-state index contributed by atoms with van der Waals surface area (Å²) in [5.41, 5.74) is 7.78. The zero-order valence-electron chi connectivity index (χ0n) is 9.48. The summed E-state index contributed by atoms with van der Waals surface area (Å²) < 4.78 is 18.8. The van der Waals surface area contributed by atoms with E-state index in [1.54, 1.807) is 31.5 Å². The third-order valence-electron chi connectivity index (χ3n) is 2.59. The first-order valence-corrected chi connectivity index (χ1v) is 5.23. The van der Waals surface area contributed by atoms with Gasteiger partial charge in [-0.2, -0.15) is 0 Å². The van der Waals surface area contributed by atoms with E-state index >= 15 is 0 Å². The third kappa shape index (κ3) is 2.26. The summed E-state index contributed by atoms with van der Waals surface area (Å²) in [5.74, 6) is 0.357. The SMILES string of the molecule is COc1ccc(-c2ccncc2F)c(CN)c1. The van der Waals surface area contributed by atoms with Crippen molar-refractivity contribution in [1.82, 2.24) is 4.98 Å². The highest BCUT2D eigenvalue weighted by atomic mass is 19.1. The van der Waals surface area contributed by atoms with Crippen molar-refractivity contribution >= 4 is 0 Å². The lowest BCUT2D eigenvalue weighted by Crippen LogP contribution is -2.00. The van der Waals surface area contributed by atoms with Crippen LogP contribution < -0.4 is 10.5 Å². The van der Waals surface area contributed by atoms with E-state index in [1.807, 2.05) is 6.07 Å². The molecule has 0 spiro atoms. The molecule has 17 heavy (non-hydrogen) atoms. The molecule has 0 saturated heterocycles. The monoisotopic (exact) mass is 232 g/mol. The fourth-order valence-corrected chi connectivity index (χ4v) is 1.72. The largest absolute Gasteiger partial charge is 0.497 e. The molecule has 0 aliphatic heterocycles. The number of nitrogens with two attached hydrogens (primary N) is 1. The maximum Gasteiger partial charge on any atom is 0.149 e. The summed E-state index contributed by atoms with van der Waals surface area (Å²) in [6.45, 7) is 0.328. The topological polar surface area (TPSA) is 48.1 Å². The normalized spacial score (nSPS) is 10.3. The maximum atomic E-state index is 13.6. The highest BCUT2D eigenvalue weighted by Gasteiger charge is 2.09. The molecule has 0 fully saturated rings. The Morgan fingerprint density at radius 3 is 2.76 bits per heavy atom. The van der Waals surface area contributed by atoms with E-state index in [1.165, 1.54) is 6.20 Å². The van der Waals surface area contributed by atoms with Crippen molar-refractivity contribution in [2.24, 2.45) is 5.73 Å². The molecular formula is C13H13FN2O.